The number of hydrogen-bond acceptors (Lipinski definition) is 2. The molecule has 0 unspecified atom stereocenters. The van der Waals surface area contributed by atoms with Gasteiger partial charge in [-0.15, -0.1) is 0 Å². The molecule has 1 aliphatic heterocycles. The van der Waals surface area contributed by atoms with Crippen LogP contribution in [0.25, 0.3) is 0 Å². The third-order valence-corrected chi connectivity index (χ3v) is 2.89. The van der Waals surface area contributed by atoms with E-state index in [4.69, 9.17) is 0 Å². The Morgan fingerprint density at radius 3 is 3.00 bits per heavy atom. The van der Waals surface area contributed by atoms with Crippen LogP contribution >= 0.6 is 0 Å². The van der Waals surface area contributed by atoms with Crippen molar-refractivity contribution in [1.29, 1.82) is 0 Å². The van der Waals surface area contributed by atoms with Crippen molar-refractivity contribution in [2.45, 2.75) is 25.8 Å². The summed E-state index contributed by atoms with van der Waals surface area (Å²) in [5, 5.41) is 5.99. The van der Waals surface area contributed by atoms with Crippen LogP contribution in [0.4, 0.5) is 5.69 Å². The van der Waals surface area contributed by atoms with Crippen molar-refractivity contribution in [1.82, 2.24) is 5.32 Å². The smallest absolute Gasteiger partial charge is 0.241 e. The lowest BCUT2D eigenvalue weighted by atomic mass is 10.0. The quantitative estimate of drug-likeness (QED) is 0.727. The van der Waals surface area contributed by atoms with Crippen LogP contribution in [0.3, 0.4) is 0 Å². The summed E-state index contributed by atoms with van der Waals surface area (Å²) in [6.45, 7) is 2.03. The molecule has 3 heteroatoms. The first-order chi connectivity index (χ1) is 7.20. The molecule has 1 amide bonds. The second kappa shape index (κ2) is 4.03. The van der Waals surface area contributed by atoms with Crippen LogP contribution in [0.1, 0.15) is 17.5 Å². The number of likely N-dealkylation sites (N-methyl/N-ethyl adjacent to an activating group) is 1. The Hall–Kier alpha value is -1.35. The maximum absolute atomic E-state index is 11.7. The van der Waals surface area contributed by atoms with E-state index in [2.05, 4.69) is 22.8 Å². The molecule has 0 radical (unpaired) electrons. The van der Waals surface area contributed by atoms with Crippen LogP contribution in [0.5, 0.6) is 0 Å². The number of carbonyl (C=O) groups is 1. The Balaban J connectivity index is 2.31. The summed E-state index contributed by atoms with van der Waals surface area (Å²) in [6.07, 6.45) is 1.80. The third-order valence-electron chi connectivity index (χ3n) is 2.89. The highest BCUT2D eigenvalue weighted by Crippen LogP contribution is 2.23. The number of fused-ring (bicyclic) bond motifs is 1. The van der Waals surface area contributed by atoms with E-state index in [1.165, 1.54) is 11.1 Å². The number of nitrogens with one attached hydrogen (secondary N) is 2. The second-order valence-electron chi connectivity index (χ2n) is 4.03. The van der Waals surface area contributed by atoms with Crippen LogP contribution in [0.15, 0.2) is 18.2 Å². The van der Waals surface area contributed by atoms with Crippen LogP contribution in [-0.4, -0.2) is 19.0 Å². The van der Waals surface area contributed by atoms with Gasteiger partial charge in [0.25, 0.3) is 0 Å². The van der Waals surface area contributed by atoms with Gasteiger partial charge in [0, 0.05) is 5.69 Å². The molecular formula is C12H16N2O. The van der Waals surface area contributed by atoms with Gasteiger partial charge in [-0.1, -0.05) is 12.1 Å². The first-order valence-corrected chi connectivity index (χ1v) is 5.28. The normalized spacial score (nSPS) is 20.4. The standard InChI is InChI=1S/C12H16N2O/c1-8-3-4-9-5-6-10(13-2)12(15)14-11(9)7-8/h3-4,7,10,13H,5-6H2,1-2H3,(H,14,15)/t10-/m0/s1. The number of carbonyl (C=O) groups excluding carboxylic acids is 1. The highest BCUT2D eigenvalue weighted by Gasteiger charge is 2.21. The minimum Gasteiger partial charge on any atom is -0.324 e. The van der Waals surface area contributed by atoms with Crippen molar-refractivity contribution >= 4 is 11.6 Å². The molecule has 0 spiro atoms. The highest BCUT2D eigenvalue weighted by molar-refractivity contribution is 5.96. The predicted octanol–water partition coefficient (Wildman–Crippen LogP) is 1.47. The van der Waals surface area contributed by atoms with E-state index < -0.39 is 0 Å². The fraction of sp³-hybridized carbons (Fsp3) is 0.417. The summed E-state index contributed by atoms with van der Waals surface area (Å²) in [6, 6.07) is 6.15. The average molecular weight is 204 g/mol. The maximum atomic E-state index is 11.7. The molecule has 0 saturated carbocycles. The van der Waals surface area contributed by atoms with E-state index >= 15 is 0 Å². The molecule has 2 N–H and O–H groups in total. The van der Waals surface area contributed by atoms with Gasteiger partial charge in [-0.2, -0.15) is 0 Å². The van der Waals surface area contributed by atoms with E-state index in [-0.39, 0.29) is 11.9 Å². The molecule has 80 valence electrons. The Morgan fingerprint density at radius 2 is 2.27 bits per heavy atom. The molecule has 1 aliphatic rings. The maximum Gasteiger partial charge on any atom is 0.241 e. The Morgan fingerprint density at radius 1 is 1.47 bits per heavy atom. The summed E-state index contributed by atoms with van der Waals surface area (Å²) in [5.41, 5.74) is 3.38. The van der Waals surface area contributed by atoms with E-state index in [1.807, 2.05) is 20.0 Å². The molecular weight excluding hydrogens is 188 g/mol. The first-order valence-electron chi connectivity index (χ1n) is 5.28. The number of amides is 1. The van der Waals surface area contributed by atoms with Crippen molar-refractivity contribution in [3.8, 4) is 0 Å². The van der Waals surface area contributed by atoms with E-state index in [9.17, 15) is 4.79 Å². The molecule has 0 bridgehead atoms. The van der Waals surface area contributed by atoms with Crippen molar-refractivity contribution in [2.24, 2.45) is 0 Å². The minimum atomic E-state index is -0.0716. The van der Waals surface area contributed by atoms with Gasteiger partial charge < -0.3 is 10.6 Å². The molecule has 0 aliphatic carbocycles. The van der Waals surface area contributed by atoms with E-state index in [0.717, 1.165) is 18.5 Å². The van der Waals surface area contributed by atoms with Gasteiger partial charge in [-0.05, 0) is 44.0 Å². The molecule has 1 atom stereocenters. The predicted molar refractivity (Wildman–Crippen MR) is 61.0 cm³/mol. The number of aryl methyl sites for hydroxylation is 2. The summed E-state index contributed by atoms with van der Waals surface area (Å²) < 4.78 is 0. The van der Waals surface area contributed by atoms with Gasteiger partial charge in [0.2, 0.25) is 5.91 Å². The topological polar surface area (TPSA) is 41.1 Å². The van der Waals surface area contributed by atoms with Gasteiger partial charge in [-0.25, -0.2) is 0 Å². The Bertz CT molecular complexity index is 387. The van der Waals surface area contributed by atoms with Gasteiger partial charge in [0.05, 0.1) is 6.04 Å². The fourth-order valence-corrected chi connectivity index (χ4v) is 1.95. The first kappa shape index (κ1) is 10.2. The number of rotatable bonds is 1. The van der Waals surface area contributed by atoms with Crippen LogP contribution in [0, 0.1) is 6.92 Å². The van der Waals surface area contributed by atoms with Crippen molar-refractivity contribution in [3.63, 3.8) is 0 Å². The van der Waals surface area contributed by atoms with E-state index in [0.29, 0.717) is 0 Å². The molecule has 2 rings (SSSR count). The third kappa shape index (κ3) is 2.02. The van der Waals surface area contributed by atoms with Crippen molar-refractivity contribution in [3.05, 3.63) is 29.3 Å². The zero-order valence-electron chi connectivity index (χ0n) is 9.13. The fourth-order valence-electron chi connectivity index (χ4n) is 1.95. The largest absolute Gasteiger partial charge is 0.324 e. The van der Waals surface area contributed by atoms with Gasteiger partial charge in [-0.3, -0.25) is 4.79 Å². The molecule has 15 heavy (non-hydrogen) atoms. The zero-order valence-corrected chi connectivity index (χ0v) is 9.13. The summed E-state index contributed by atoms with van der Waals surface area (Å²) in [7, 11) is 1.82. The lowest BCUT2D eigenvalue weighted by molar-refractivity contribution is -0.118. The van der Waals surface area contributed by atoms with Crippen LogP contribution in [-0.2, 0) is 11.2 Å². The van der Waals surface area contributed by atoms with Gasteiger partial charge >= 0.3 is 0 Å². The van der Waals surface area contributed by atoms with E-state index in [1.54, 1.807) is 0 Å². The summed E-state index contributed by atoms with van der Waals surface area (Å²) in [4.78, 5) is 11.7. The zero-order chi connectivity index (χ0) is 10.8. The van der Waals surface area contributed by atoms with Gasteiger partial charge in [0.15, 0.2) is 0 Å². The summed E-state index contributed by atoms with van der Waals surface area (Å²) >= 11 is 0. The molecule has 0 saturated heterocycles. The molecule has 3 nitrogen and oxygen atoms in total. The SMILES string of the molecule is CN[C@H]1CCc2ccc(C)cc2NC1=O. The second-order valence-corrected chi connectivity index (χ2v) is 4.03. The number of benzene rings is 1. The molecule has 1 heterocycles. The van der Waals surface area contributed by atoms with Crippen molar-refractivity contribution < 1.29 is 4.79 Å². The Labute approximate surface area is 89.9 Å². The molecule has 0 aromatic heterocycles. The highest BCUT2D eigenvalue weighted by atomic mass is 16.2. The average Bonchev–Trinajstić information content (AvgIpc) is 2.35. The van der Waals surface area contributed by atoms with Crippen LogP contribution in [0.2, 0.25) is 0 Å². The number of hydrogen-bond donors (Lipinski definition) is 2. The van der Waals surface area contributed by atoms with Gasteiger partial charge in [0.1, 0.15) is 0 Å². The van der Waals surface area contributed by atoms with Crippen molar-refractivity contribution in [2.75, 3.05) is 12.4 Å². The lowest BCUT2D eigenvalue weighted by Gasteiger charge is -2.11. The Kier molecular flexibility index (Phi) is 2.73. The van der Waals surface area contributed by atoms with Crippen LogP contribution < -0.4 is 10.6 Å². The monoisotopic (exact) mass is 204 g/mol. The number of anilines is 1. The summed E-state index contributed by atoms with van der Waals surface area (Å²) in [5.74, 6) is 0.0712. The lowest BCUT2D eigenvalue weighted by Crippen LogP contribution is -2.37. The molecule has 0 fully saturated rings. The molecule has 1 aromatic rings. The molecule has 1 aromatic carbocycles. The minimum absolute atomic E-state index is 0.0712.